The molecule has 0 radical (unpaired) electrons. The van der Waals surface area contributed by atoms with E-state index in [2.05, 4.69) is 0 Å². The SMILES string of the molecule is O=C(C[C@H](c1ccc(Cl)c(Cl)c1)[C@@H]1CCCCC1=O)c1ccccc1. The van der Waals surface area contributed by atoms with Crippen LogP contribution >= 0.6 is 23.2 Å². The lowest BCUT2D eigenvalue weighted by Gasteiger charge is -2.29. The zero-order valence-corrected chi connectivity index (χ0v) is 15.4. The van der Waals surface area contributed by atoms with Crippen molar-refractivity contribution in [3.8, 4) is 0 Å². The Kier molecular flexibility index (Phi) is 5.93. The minimum atomic E-state index is -0.157. The second-order valence-electron chi connectivity index (χ2n) is 6.59. The van der Waals surface area contributed by atoms with Gasteiger partial charge in [-0.1, -0.05) is 66.0 Å². The number of carbonyl (C=O) groups is 2. The van der Waals surface area contributed by atoms with E-state index in [0.29, 0.717) is 28.5 Å². The van der Waals surface area contributed by atoms with Crippen LogP contribution in [0.15, 0.2) is 48.5 Å². The van der Waals surface area contributed by atoms with E-state index in [1.807, 2.05) is 36.4 Å². The van der Waals surface area contributed by atoms with Crippen LogP contribution in [-0.2, 0) is 4.79 Å². The molecule has 3 rings (SSSR count). The Morgan fingerprint density at radius 2 is 1.80 bits per heavy atom. The average molecular weight is 375 g/mol. The molecule has 1 aliphatic rings. The van der Waals surface area contributed by atoms with Crippen LogP contribution in [0.2, 0.25) is 10.0 Å². The van der Waals surface area contributed by atoms with Gasteiger partial charge in [0.05, 0.1) is 10.0 Å². The molecule has 1 saturated carbocycles. The second kappa shape index (κ2) is 8.16. The van der Waals surface area contributed by atoms with Gasteiger partial charge in [0.1, 0.15) is 5.78 Å². The molecule has 2 nitrogen and oxygen atoms in total. The van der Waals surface area contributed by atoms with Crippen molar-refractivity contribution in [3.05, 3.63) is 69.7 Å². The van der Waals surface area contributed by atoms with Crippen LogP contribution in [0, 0.1) is 5.92 Å². The van der Waals surface area contributed by atoms with Gasteiger partial charge in [0.2, 0.25) is 0 Å². The van der Waals surface area contributed by atoms with E-state index in [-0.39, 0.29) is 23.4 Å². The highest BCUT2D eigenvalue weighted by molar-refractivity contribution is 6.42. The molecule has 0 N–H and O–H groups in total. The quantitative estimate of drug-likeness (QED) is 0.591. The summed E-state index contributed by atoms with van der Waals surface area (Å²) in [6, 6.07) is 14.7. The molecule has 130 valence electrons. The number of ketones is 2. The van der Waals surface area contributed by atoms with Crippen LogP contribution in [0.5, 0.6) is 0 Å². The van der Waals surface area contributed by atoms with Gasteiger partial charge in [-0.25, -0.2) is 0 Å². The zero-order chi connectivity index (χ0) is 17.8. The van der Waals surface area contributed by atoms with Crippen molar-refractivity contribution in [3.63, 3.8) is 0 Å². The Bertz CT molecular complexity index is 771. The molecule has 0 spiro atoms. The first-order chi connectivity index (χ1) is 12.1. The lowest BCUT2D eigenvalue weighted by atomic mass is 9.73. The fraction of sp³-hybridized carbons (Fsp3) is 0.333. The first-order valence-electron chi connectivity index (χ1n) is 8.62. The second-order valence-corrected chi connectivity index (χ2v) is 7.41. The van der Waals surface area contributed by atoms with Crippen LogP contribution in [0.25, 0.3) is 0 Å². The molecular formula is C21H20Cl2O2. The van der Waals surface area contributed by atoms with Gasteiger partial charge >= 0.3 is 0 Å². The zero-order valence-electron chi connectivity index (χ0n) is 13.9. The average Bonchev–Trinajstić information content (AvgIpc) is 2.63. The van der Waals surface area contributed by atoms with E-state index in [1.54, 1.807) is 12.1 Å². The first-order valence-corrected chi connectivity index (χ1v) is 9.38. The van der Waals surface area contributed by atoms with Crippen molar-refractivity contribution in [2.45, 2.75) is 38.0 Å². The number of benzene rings is 2. The van der Waals surface area contributed by atoms with Crippen LogP contribution < -0.4 is 0 Å². The number of rotatable bonds is 5. The summed E-state index contributed by atoms with van der Waals surface area (Å²) >= 11 is 12.2. The summed E-state index contributed by atoms with van der Waals surface area (Å²) in [6.45, 7) is 0. The van der Waals surface area contributed by atoms with Gasteiger partial charge in [0, 0.05) is 30.2 Å². The molecule has 2 aromatic rings. The third kappa shape index (κ3) is 4.31. The highest BCUT2D eigenvalue weighted by Crippen LogP contribution is 2.39. The van der Waals surface area contributed by atoms with E-state index < -0.39 is 0 Å². The molecule has 0 saturated heterocycles. The van der Waals surface area contributed by atoms with Gasteiger partial charge in [0.15, 0.2) is 5.78 Å². The van der Waals surface area contributed by atoms with Crippen LogP contribution in [0.1, 0.15) is 53.9 Å². The Labute approximate surface area is 158 Å². The lowest BCUT2D eigenvalue weighted by Crippen LogP contribution is -2.27. The van der Waals surface area contributed by atoms with Gasteiger partial charge in [-0.2, -0.15) is 0 Å². The molecule has 0 amide bonds. The Morgan fingerprint density at radius 3 is 2.48 bits per heavy atom. The van der Waals surface area contributed by atoms with Gasteiger partial charge in [0.25, 0.3) is 0 Å². The normalized spacial score (nSPS) is 18.8. The number of halogens is 2. The maximum atomic E-state index is 12.8. The summed E-state index contributed by atoms with van der Waals surface area (Å²) in [4.78, 5) is 25.3. The number of hydrogen-bond acceptors (Lipinski definition) is 2. The third-order valence-corrected chi connectivity index (χ3v) is 5.70. The van der Waals surface area contributed by atoms with Crippen molar-refractivity contribution >= 4 is 34.8 Å². The highest BCUT2D eigenvalue weighted by atomic mass is 35.5. The predicted molar refractivity (Wildman–Crippen MR) is 102 cm³/mol. The van der Waals surface area contributed by atoms with Gasteiger partial charge in [-0.3, -0.25) is 9.59 Å². The number of carbonyl (C=O) groups excluding carboxylic acids is 2. The molecule has 0 bridgehead atoms. The first kappa shape index (κ1) is 18.2. The van der Waals surface area contributed by atoms with E-state index >= 15 is 0 Å². The Morgan fingerprint density at radius 1 is 1.04 bits per heavy atom. The van der Waals surface area contributed by atoms with Gasteiger partial charge in [-0.05, 0) is 30.5 Å². The summed E-state index contributed by atoms with van der Waals surface area (Å²) < 4.78 is 0. The largest absolute Gasteiger partial charge is 0.299 e. The van der Waals surface area contributed by atoms with Crippen LogP contribution in [0.3, 0.4) is 0 Å². The van der Waals surface area contributed by atoms with Crippen LogP contribution in [0.4, 0.5) is 0 Å². The molecule has 2 atom stereocenters. The summed E-state index contributed by atoms with van der Waals surface area (Å²) in [5.74, 6) is 0.0205. The van der Waals surface area contributed by atoms with Gasteiger partial charge in [-0.15, -0.1) is 0 Å². The maximum absolute atomic E-state index is 12.8. The third-order valence-electron chi connectivity index (χ3n) is 4.96. The maximum Gasteiger partial charge on any atom is 0.163 e. The molecule has 0 aromatic heterocycles. The standard InChI is InChI=1S/C21H20Cl2O2/c22-18-11-10-15(12-19(18)23)17(16-8-4-5-9-20(16)24)13-21(25)14-6-2-1-3-7-14/h1-3,6-7,10-12,16-17H,4-5,8-9,13H2/t16-,17+/m0/s1. The fourth-order valence-corrected chi connectivity index (χ4v) is 3.92. The fourth-order valence-electron chi connectivity index (χ4n) is 3.61. The number of Topliss-reactive ketones (excluding diaryl/α,β-unsaturated/α-hetero) is 2. The topological polar surface area (TPSA) is 34.1 Å². The summed E-state index contributed by atoms with van der Waals surface area (Å²) in [5, 5.41) is 0.938. The van der Waals surface area contributed by atoms with Crippen LogP contribution in [-0.4, -0.2) is 11.6 Å². The van der Waals surface area contributed by atoms with E-state index in [4.69, 9.17) is 23.2 Å². The van der Waals surface area contributed by atoms with Crippen molar-refractivity contribution in [2.24, 2.45) is 5.92 Å². The van der Waals surface area contributed by atoms with Crippen molar-refractivity contribution in [1.82, 2.24) is 0 Å². The molecule has 4 heteroatoms. The van der Waals surface area contributed by atoms with E-state index in [9.17, 15) is 9.59 Å². The summed E-state index contributed by atoms with van der Waals surface area (Å²) in [6.07, 6.45) is 3.69. The smallest absolute Gasteiger partial charge is 0.163 e. The molecule has 1 fully saturated rings. The monoisotopic (exact) mass is 374 g/mol. The van der Waals surface area contributed by atoms with Crippen molar-refractivity contribution in [2.75, 3.05) is 0 Å². The molecular weight excluding hydrogens is 355 g/mol. The minimum absolute atomic E-state index is 0.0510. The molecule has 25 heavy (non-hydrogen) atoms. The molecule has 0 unspecified atom stereocenters. The number of hydrogen-bond donors (Lipinski definition) is 0. The minimum Gasteiger partial charge on any atom is -0.299 e. The molecule has 1 aliphatic carbocycles. The van der Waals surface area contributed by atoms with Crippen molar-refractivity contribution in [1.29, 1.82) is 0 Å². The Hall–Kier alpha value is -1.64. The molecule has 2 aromatic carbocycles. The molecule has 0 aliphatic heterocycles. The predicted octanol–water partition coefficient (Wildman–Crippen LogP) is 6.11. The summed E-state index contributed by atoms with van der Waals surface area (Å²) in [7, 11) is 0. The molecule has 0 heterocycles. The lowest BCUT2D eigenvalue weighted by molar-refractivity contribution is -0.125. The summed E-state index contributed by atoms with van der Waals surface area (Å²) in [5.41, 5.74) is 1.59. The highest BCUT2D eigenvalue weighted by Gasteiger charge is 2.33. The van der Waals surface area contributed by atoms with Gasteiger partial charge < -0.3 is 0 Å². The Balaban J connectivity index is 1.92. The van der Waals surface area contributed by atoms with Crippen molar-refractivity contribution < 1.29 is 9.59 Å². The van der Waals surface area contributed by atoms with E-state index in [0.717, 1.165) is 24.8 Å². The van der Waals surface area contributed by atoms with E-state index in [1.165, 1.54) is 0 Å².